The molecule has 0 spiro atoms. The fourth-order valence-corrected chi connectivity index (χ4v) is 1.17. The van der Waals surface area contributed by atoms with Gasteiger partial charge in [0.2, 0.25) is 5.82 Å². The quantitative estimate of drug-likeness (QED) is 0.859. The van der Waals surface area contributed by atoms with Crippen LogP contribution in [-0.4, -0.2) is 16.5 Å². The van der Waals surface area contributed by atoms with Crippen molar-refractivity contribution in [2.24, 2.45) is 5.92 Å². The Hall–Kier alpha value is -1.53. The third-order valence-electron chi connectivity index (χ3n) is 2.03. The van der Waals surface area contributed by atoms with Gasteiger partial charge in [0.25, 0.3) is 0 Å². The van der Waals surface area contributed by atoms with Gasteiger partial charge >= 0.3 is 6.18 Å². The lowest BCUT2D eigenvalue weighted by atomic mass is 10.1. The van der Waals surface area contributed by atoms with E-state index in [1.54, 1.807) is 0 Å². The van der Waals surface area contributed by atoms with Crippen molar-refractivity contribution in [3.8, 4) is 0 Å². The van der Waals surface area contributed by atoms with E-state index >= 15 is 0 Å². The van der Waals surface area contributed by atoms with Crippen molar-refractivity contribution in [1.29, 1.82) is 0 Å². The summed E-state index contributed by atoms with van der Waals surface area (Å²) in [4.78, 5) is 6.52. The van der Waals surface area contributed by atoms with Crippen LogP contribution in [0, 0.1) is 5.92 Å². The Labute approximate surface area is 97.4 Å². The molecular weight excluding hydrogens is 233 g/mol. The van der Waals surface area contributed by atoms with Crippen molar-refractivity contribution in [2.75, 3.05) is 17.6 Å². The van der Waals surface area contributed by atoms with E-state index in [4.69, 9.17) is 5.73 Å². The summed E-state index contributed by atoms with van der Waals surface area (Å²) in [6, 6.07) is 1.29. The minimum absolute atomic E-state index is 0.102. The minimum Gasteiger partial charge on any atom is -0.384 e. The molecular formula is C10H15F3N4. The number of nitrogens with two attached hydrogens (primary N) is 1. The summed E-state index contributed by atoms with van der Waals surface area (Å²) in [6.07, 6.45) is -3.74. The van der Waals surface area contributed by atoms with Gasteiger partial charge in [-0.25, -0.2) is 9.97 Å². The average Bonchev–Trinajstić information content (AvgIpc) is 2.14. The van der Waals surface area contributed by atoms with Gasteiger partial charge < -0.3 is 11.1 Å². The van der Waals surface area contributed by atoms with Crippen molar-refractivity contribution in [3.05, 3.63) is 11.9 Å². The maximum absolute atomic E-state index is 12.4. The van der Waals surface area contributed by atoms with Crippen LogP contribution in [0.1, 0.15) is 26.1 Å². The second-order valence-electron chi connectivity index (χ2n) is 4.11. The standard InChI is InChI=1S/C10H15F3N4/c1-6(2)3-4-15-8-5-7(14)16-9(17-8)10(11,12)13/h5-6H,3-4H2,1-2H3,(H3,14,15,16,17). The van der Waals surface area contributed by atoms with Gasteiger partial charge in [0.05, 0.1) is 0 Å². The first-order valence-electron chi connectivity index (χ1n) is 5.24. The molecule has 0 saturated heterocycles. The van der Waals surface area contributed by atoms with Crippen LogP contribution in [0.3, 0.4) is 0 Å². The van der Waals surface area contributed by atoms with E-state index in [0.717, 1.165) is 6.42 Å². The lowest BCUT2D eigenvalue weighted by Crippen LogP contribution is -2.15. The molecule has 96 valence electrons. The number of anilines is 2. The van der Waals surface area contributed by atoms with E-state index in [0.29, 0.717) is 12.5 Å². The predicted molar refractivity (Wildman–Crippen MR) is 59.4 cm³/mol. The van der Waals surface area contributed by atoms with Gasteiger partial charge in [-0.05, 0) is 12.3 Å². The molecule has 0 amide bonds. The van der Waals surface area contributed by atoms with Crippen molar-refractivity contribution in [2.45, 2.75) is 26.4 Å². The van der Waals surface area contributed by atoms with Gasteiger partial charge in [-0.2, -0.15) is 13.2 Å². The molecule has 17 heavy (non-hydrogen) atoms. The van der Waals surface area contributed by atoms with Gasteiger partial charge in [-0.1, -0.05) is 13.8 Å². The topological polar surface area (TPSA) is 63.8 Å². The molecule has 0 atom stereocenters. The fourth-order valence-electron chi connectivity index (χ4n) is 1.17. The maximum Gasteiger partial charge on any atom is 0.451 e. The highest BCUT2D eigenvalue weighted by Gasteiger charge is 2.35. The molecule has 0 unspecified atom stereocenters. The molecule has 1 aromatic heterocycles. The number of nitrogens with zero attached hydrogens (tertiary/aromatic N) is 2. The molecule has 7 heteroatoms. The average molecular weight is 248 g/mol. The number of alkyl halides is 3. The fraction of sp³-hybridized carbons (Fsp3) is 0.600. The highest BCUT2D eigenvalue weighted by Crippen LogP contribution is 2.27. The van der Waals surface area contributed by atoms with Crippen molar-refractivity contribution in [3.63, 3.8) is 0 Å². The zero-order valence-corrected chi connectivity index (χ0v) is 9.67. The first kappa shape index (κ1) is 13.5. The molecule has 0 bridgehead atoms. The molecule has 0 aliphatic carbocycles. The van der Waals surface area contributed by atoms with Crippen LogP contribution in [0.5, 0.6) is 0 Å². The Morgan fingerprint density at radius 2 is 2.00 bits per heavy atom. The van der Waals surface area contributed by atoms with Gasteiger partial charge in [0.15, 0.2) is 0 Å². The van der Waals surface area contributed by atoms with Crippen LogP contribution in [0.2, 0.25) is 0 Å². The van der Waals surface area contributed by atoms with E-state index in [9.17, 15) is 13.2 Å². The SMILES string of the molecule is CC(C)CCNc1cc(N)nc(C(F)(F)F)n1. The summed E-state index contributed by atoms with van der Waals surface area (Å²) in [5.41, 5.74) is 5.30. The van der Waals surface area contributed by atoms with E-state index in [2.05, 4.69) is 15.3 Å². The summed E-state index contributed by atoms with van der Waals surface area (Å²) in [5.74, 6) is -0.849. The third kappa shape index (κ3) is 4.46. The second-order valence-corrected chi connectivity index (χ2v) is 4.11. The first-order valence-corrected chi connectivity index (χ1v) is 5.24. The number of hydrogen-bond donors (Lipinski definition) is 2. The Bertz CT molecular complexity index is 376. The monoisotopic (exact) mass is 248 g/mol. The largest absolute Gasteiger partial charge is 0.451 e. The Kier molecular flexibility index (Phi) is 4.14. The number of nitrogens with one attached hydrogen (secondary N) is 1. The molecule has 0 aliphatic rings. The minimum atomic E-state index is -4.58. The van der Waals surface area contributed by atoms with E-state index in [1.165, 1.54) is 6.07 Å². The Morgan fingerprint density at radius 1 is 1.35 bits per heavy atom. The molecule has 1 heterocycles. The first-order chi connectivity index (χ1) is 7.79. The van der Waals surface area contributed by atoms with Gasteiger partial charge in [0.1, 0.15) is 11.6 Å². The summed E-state index contributed by atoms with van der Waals surface area (Å²) < 4.78 is 37.2. The lowest BCUT2D eigenvalue weighted by Gasteiger charge is -2.10. The van der Waals surface area contributed by atoms with Crippen LogP contribution >= 0.6 is 0 Å². The molecule has 1 rings (SSSR count). The normalized spacial score (nSPS) is 11.9. The summed E-state index contributed by atoms with van der Waals surface area (Å²) in [6.45, 7) is 4.60. The smallest absolute Gasteiger partial charge is 0.384 e. The zero-order chi connectivity index (χ0) is 13.1. The molecule has 1 aromatic rings. The Balaban J connectivity index is 2.76. The van der Waals surface area contributed by atoms with E-state index in [1.807, 2.05) is 13.8 Å². The van der Waals surface area contributed by atoms with Gasteiger partial charge in [-0.3, -0.25) is 0 Å². The zero-order valence-electron chi connectivity index (χ0n) is 9.67. The van der Waals surface area contributed by atoms with Crippen LogP contribution in [-0.2, 0) is 6.18 Å². The number of rotatable bonds is 4. The summed E-state index contributed by atoms with van der Waals surface area (Å²) in [7, 11) is 0. The number of hydrogen-bond acceptors (Lipinski definition) is 4. The maximum atomic E-state index is 12.4. The highest BCUT2D eigenvalue weighted by atomic mass is 19.4. The van der Waals surface area contributed by atoms with Crippen LogP contribution in [0.25, 0.3) is 0 Å². The van der Waals surface area contributed by atoms with Crippen LogP contribution in [0.15, 0.2) is 6.07 Å². The highest BCUT2D eigenvalue weighted by molar-refractivity contribution is 5.44. The van der Waals surface area contributed by atoms with Crippen molar-refractivity contribution in [1.82, 2.24) is 9.97 Å². The lowest BCUT2D eigenvalue weighted by molar-refractivity contribution is -0.144. The van der Waals surface area contributed by atoms with Gasteiger partial charge in [-0.15, -0.1) is 0 Å². The predicted octanol–water partition coefficient (Wildman–Crippen LogP) is 2.54. The molecule has 0 aliphatic heterocycles. The van der Waals surface area contributed by atoms with Crippen LogP contribution in [0.4, 0.5) is 24.8 Å². The summed E-state index contributed by atoms with van der Waals surface area (Å²) in [5, 5.41) is 2.80. The molecule has 4 nitrogen and oxygen atoms in total. The number of nitrogen functional groups attached to an aromatic ring is 1. The molecule has 3 N–H and O–H groups in total. The number of aromatic nitrogens is 2. The molecule has 0 aromatic carbocycles. The van der Waals surface area contributed by atoms with Crippen molar-refractivity contribution >= 4 is 11.6 Å². The van der Waals surface area contributed by atoms with E-state index < -0.39 is 12.0 Å². The second kappa shape index (κ2) is 5.20. The van der Waals surface area contributed by atoms with Crippen molar-refractivity contribution < 1.29 is 13.2 Å². The third-order valence-corrected chi connectivity index (χ3v) is 2.03. The summed E-state index contributed by atoms with van der Waals surface area (Å²) >= 11 is 0. The van der Waals surface area contributed by atoms with Gasteiger partial charge in [0, 0.05) is 12.6 Å². The Morgan fingerprint density at radius 3 is 2.53 bits per heavy atom. The van der Waals surface area contributed by atoms with E-state index in [-0.39, 0.29) is 11.6 Å². The molecule has 0 radical (unpaired) electrons. The molecule has 0 fully saturated rings. The number of halogens is 3. The molecule has 0 saturated carbocycles. The van der Waals surface area contributed by atoms with Crippen LogP contribution < -0.4 is 11.1 Å².